The van der Waals surface area contributed by atoms with Gasteiger partial charge in [0.25, 0.3) is 0 Å². The first kappa shape index (κ1) is 14.7. The lowest BCUT2D eigenvalue weighted by Gasteiger charge is -2.19. The van der Waals surface area contributed by atoms with Crippen molar-refractivity contribution >= 4 is 12.1 Å². The first-order valence-corrected chi connectivity index (χ1v) is 5.12. The van der Waals surface area contributed by atoms with Gasteiger partial charge in [-0.15, -0.1) is 0 Å². The number of likely N-dealkylation sites (N-methyl/N-ethyl adjacent to an activating group) is 1. The Balaban J connectivity index is 3.52. The smallest absolute Gasteiger partial charge is 0.407 e. The number of hydrogen-bond donors (Lipinski definition) is 2. The van der Waals surface area contributed by atoms with Crippen molar-refractivity contribution in [3.63, 3.8) is 0 Å². The summed E-state index contributed by atoms with van der Waals surface area (Å²) in [6, 6.07) is 0. The second kappa shape index (κ2) is 7.05. The fourth-order valence-electron chi connectivity index (χ4n) is 0.828. The van der Waals surface area contributed by atoms with E-state index in [0.29, 0.717) is 0 Å². The molecule has 0 saturated heterocycles. The number of alkyl carbamates (subject to hydrolysis) is 1. The highest BCUT2D eigenvalue weighted by molar-refractivity contribution is 5.71. The summed E-state index contributed by atoms with van der Waals surface area (Å²) in [6.07, 6.45) is -0.517. The normalized spacial score (nSPS) is 10.8. The number of rotatable bonds is 5. The molecule has 0 aromatic heterocycles. The molecule has 1 amide bonds. The lowest BCUT2D eigenvalue weighted by atomic mass is 10.2. The molecule has 2 N–H and O–H groups in total. The van der Waals surface area contributed by atoms with Gasteiger partial charge in [-0.3, -0.25) is 4.79 Å². The summed E-state index contributed by atoms with van der Waals surface area (Å²) in [5, 5.41) is 5.14. The number of amides is 1. The zero-order valence-corrected chi connectivity index (χ0v) is 10.3. The van der Waals surface area contributed by atoms with Crippen LogP contribution in [0.3, 0.4) is 0 Å². The molecule has 0 aromatic carbocycles. The lowest BCUT2D eigenvalue weighted by molar-refractivity contribution is -0.142. The largest absolute Gasteiger partial charge is 0.463 e. The highest BCUT2D eigenvalue weighted by Gasteiger charge is 2.15. The van der Waals surface area contributed by atoms with Crippen molar-refractivity contribution in [1.29, 1.82) is 0 Å². The van der Waals surface area contributed by atoms with E-state index < -0.39 is 11.7 Å². The first-order chi connectivity index (χ1) is 7.35. The van der Waals surface area contributed by atoms with Gasteiger partial charge in [-0.1, -0.05) is 0 Å². The van der Waals surface area contributed by atoms with Gasteiger partial charge in [-0.05, 0) is 27.8 Å². The summed E-state index contributed by atoms with van der Waals surface area (Å²) < 4.78 is 9.78. The van der Waals surface area contributed by atoms with Crippen LogP contribution in [-0.4, -0.2) is 44.4 Å². The van der Waals surface area contributed by atoms with E-state index in [2.05, 4.69) is 10.6 Å². The molecule has 0 bridgehead atoms. The second-order valence-electron chi connectivity index (χ2n) is 4.18. The first-order valence-electron chi connectivity index (χ1n) is 5.12. The number of hydrogen-bond acceptors (Lipinski definition) is 5. The van der Waals surface area contributed by atoms with Gasteiger partial charge in [0, 0.05) is 0 Å². The average molecular weight is 232 g/mol. The Labute approximate surface area is 95.7 Å². The highest BCUT2D eigenvalue weighted by Crippen LogP contribution is 2.05. The van der Waals surface area contributed by atoms with E-state index >= 15 is 0 Å². The second-order valence-corrected chi connectivity index (χ2v) is 4.18. The lowest BCUT2D eigenvalue weighted by Crippen LogP contribution is -2.35. The Bertz CT molecular complexity index is 235. The number of ether oxygens (including phenoxy) is 2. The van der Waals surface area contributed by atoms with E-state index in [-0.39, 0.29) is 25.7 Å². The fraction of sp³-hybridized carbons (Fsp3) is 0.800. The van der Waals surface area contributed by atoms with E-state index in [9.17, 15) is 9.59 Å². The van der Waals surface area contributed by atoms with E-state index in [0.717, 1.165) is 0 Å². The minimum atomic E-state index is -0.521. The van der Waals surface area contributed by atoms with E-state index in [1.807, 2.05) is 0 Å². The molecule has 0 aliphatic rings. The van der Waals surface area contributed by atoms with Crippen LogP contribution in [0.15, 0.2) is 0 Å². The number of nitrogens with one attached hydrogen (secondary N) is 2. The molecule has 0 aliphatic carbocycles. The van der Waals surface area contributed by atoms with Crippen LogP contribution in [0.2, 0.25) is 0 Å². The molecule has 6 heteroatoms. The molecule has 0 saturated carbocycles. The summed E-state index contributed by atoms with van der Waals surface area (Å²) in [4.78, 5) is 22.0. The molecule has 0 spiro atoms. The van der Waals surface area contributed by atoms with Crippen LogP contribution in [0.4, 0.5) is 4.79 Å². The Morgan fingerprint density at radius 3 is 2.38 bits per heavy atom. The standard InChI is InChI=1S/C10H20N2O4/c1-10(2,3)16-9(14)12-5-6-15-8(13)7-11-4/h11H,5-7H2,1-4H3,(H,12,14). The molecule has 0 aliphatic heterocycles. The minimum Gasteiger partial charge on any atom is -0.463 e. The molecule has 0 fully saturated rings. The summed E-state index contributed by atoms with van der Waals surface area (Å²) >= 11 is 0. The van der Waals surface area contributed by atoms with Crippen LogP contribution in [0.5, 0.6) is 0 Å². The van der Waals surface area contributed by atoms with Crippen molar-refractivity contribution in [3.05, 3.63) is 0 Å². The molecule has 0 heterocycles. The molecule has 0 radical (unpaired) electrons. The van der Waals surface area contributed by atoms with Crippen molar-refractivity contribution in [2.24, 2.45) is 0 Å². The van der Waals surface area contributed by atoms with Crippen molar-refractivity contribution in [1.82, 2.24) is 10.6 Å². The predicted octanol–water partition coefficient (Wildman–Crippen LogP) is 0.274. The zero-order chi connectivity index (χ0) is 12.6. The van der Waals surface area contributed by atoms with Crippen LogP contribution in [0, 0.1) is 0 Å². The Kier molecular flexibility index (Phi) is 6.48. The Hall–Kier alpha value is -1.30. The summed E-state index contributed by atoms with van der Waals surface area (Å²) in [6.45, 7) is 5.87. The highest BCUT2D eigenvalue weighted by atomic mass is 16.6. The molecule has 16 heavy (non-hydrogen) atoms. The number of carbonyl (C=O) groups excluding carboxylic acids is 2. The minimum absolute atomic E-state index is 0.139. The van der Waals surface area contributed by atoms with Crippen LogP contribution in [-0.2, 0) is 14.3 Å². The maximum atomic E-state index is 11.1. The van der Waals surface area contributed by atoms with E-state index in [4.69, 9.17) is 9.47 Å². The van der Waals surface area contributed by atoms with E-state index in [1.165, 1.54) is 0 Å². The van der Waals surface area contributed by atoms with Crippen molar-refractivity contribution in [3.8, 4) is 0 Å². The summed E-state index contributed by atoms with van der Waals surface area (Å²) in [5.74, 6) is -0.353. The van der Waals surface area contributed by atoms with Crippen LogP contribution in [0.1, 0.15) is 20.8 Å². The number of carbonyl (C=O) groups is 2. The Morgan fingerprint density at radius 1 is 1.25 bits per heavy atom. The van der Waals surface area contributed by atoms with Crippen molar-refractivity contribution < 1.29 is 19.1 Å². The molecule has 0 rings (SSSR count). The van der Waals surface area contributed by atoms with Crippen molar-refractivity contribution in [2.75, 3.05) is 26.7 Å². The van der Waals surface area contributed by atoms with Gasteiger partial charge in [0.2, 0.25) is 0 Å². The molecule has 94 valence electrons. The van der Waals surface area contributed by atoms with Gasteiger partial charge < -0.3 is 20.1 Å². The molecule has 6 nitrogen and oxygen atoms in total. The van der Waals surface area contributed by atoms with Crippen LogP contribution in [0.25, 0.3) is 0 Å². The molecular weight excluding hydrogens is 212 g/mol. The van der Waals surface area contributed by atoms with Gasteiger partial charge in [0.1, 0.15) is 12.2 Å². The van der Waals surface area contributed by atoms with Gasteiger partial charge >= 0.3 is 12.1 Å². The maximum Gasteiger partial charge on any atom is 0.407 e. The van der Waals surface area contributed by atoms with Gasteiger partial charge in [0.05, 0.1) is 13.1 Å². The topological polar surface area (TPSA) is 76.7 Å². The summed E-state index contributed by atoms with van der Waals surface area (Å²) in [5.41, 5.74) is -0.521. The van der Waals surface area contributed by atoms with Gasteiger partial charge in [0.15, 0.2) is 0 Å². The molecule has 0 unspecified atom stereocenters. The monoisotopic (exact) mass is 232 g/mol. The predicted molar refractivity (Wildman–Crippen MR) is 59.1 cm³/mol. The number of esters is 1. The molecular formula is C10H20N2O4. The SMILES string of the molecule is CNCC(=O)OCCNC(=O)OC(C)(C)C. The average Bonchev–Trinajstić information content (AvgIpc) is 2.10. The third-order valence-corrected chi connectivity index (χ3v) is 1.35. The van der Waals surface area contributed by atoms with Crippen LogP contribution < -0.4 is 10.6 Å². The third kappa shape index (κ3) is 9.26. The fourth-order valence-corrected chi connectivity index (χ4v) is 0.828. The third-order valence-electron chi connectivity index (χ3n) is 1.35. The zero-order valence-electron chi connectivity index (χ0n) is 10.3. The van der Waals surface area contributed by atoms with Crippen LogP contribution >= 0.6 is 0 Å². The van der Waals surface area contributed by atoms with Gasteiger partial charge in [-0.2, -0.15) is 0 Å². The van der Waals surface area contributed by atoms with E-state index in [1.54, 1.807) is 27.8 Å². The maximum absolute atomic E-state index is 11.1. The summed E-state index contributed by atoms with van der Waals surface area (Å²) in [7, 11) is 1.65. The Morgan fingerprint density at radius 2 is 1.88 bits per heavy atom. The molecule has 0 atom stereocenters. The molecule has 0 aromatic rings. The quantitative estimate of drug-likeness (QED) is 0.525. The van der Waals surface area contributed by atoms with Crippen molar-refractivity contribution in [2.45, 2.75) is 26.4 Å². The van der Waals surface area contributed by atoms with Gasteiger partial charge in [-0.25, -0.2) is 4.79 Å².